The fourth-order valence-electron chi connectivity index (χ4n) is 3.02. The third-order valence-corrected chi connectivity index (χ3v) is 5.66. The lowest BCUT2D eigenvalue weighted by molar-refractivity contribution is -0.113. The summed E-state index contributed by atoms with van der Waals surface area (Å²) in [5, 5.41) is 14.7. The van der Waals surface area contributed by atoms with Crippen molar-refractivity contribution < 1.29 is 14.3 Å². The van der Waals surface area contributed by atoms with Crippen LogP contribution >= 0.6 is 23.4 Å². The van der Waals surface area contributed by atoms with Gasteiger partial charge in [-0.1, -0.05) is 29.4 Å². The lowest BCUT2D eigenvalue weighted by Gasteiger charge is -2.08. The molecule has 0 spiro atoms. The predicted octanol–water partition coefficient (Wildman–Crippen LogP) is 3.49. The molecule has 0 bridgehead atoms. The second-order valence-electron chi connectivity index (χ2n) is 6.58. The van der Waals surface area contributed by atoms with E-state index in [9.17, 15) is 9.59 Å². The van der Waals surface area contributed by atoms with Crippen LogP contribution in [0.3, 0.4) is 0 Å². The minimum absolute atomic E-state index is 0.0617. The van der Waals surface area contributed by atoms with Crippen LogP contribution < -0.4 is 20.3 Å². The van der Waals surface area contributed by atoms with Crippen LogP contribution in [0, 0.1) is 0 Å². The van der Waals surface area contributed by atoms with Crippen LogP contribution in [0.4, 0.5) is 5.69 Å². The number of nitrogens with zero attached hydrogens (tertiary/aromatic N) is 3. The van der Waals surface area contributed by atoms with Crippen LogP contribution in [0.1, 0.15) is 0 Å². The fraction of sp³-hybridized carbons (Fsp3) is 0.143. The molecule has 2 aromatic carbocycles. The molecule has 32 heavy (non-hydrogen) atoms. The van der Waals surface area contributed by atoms with Gasteiger partial charge in [-0.25, -0.2) is 9.61 Å². The largest absolute Gasteiger partial charge is 0.493 e. The van der Waals surface area contributed by atoms with Gasteiger partial charge < -0.3 is 14.8 Å². The van der Waals surface area contributed by atoms with Crippen molar-refractivity contribution in [2.24, 2.45) is 0 Å². The third kappa shape index (κ3) is 4.56. The number of methoxy groups -OCH3 is 2. The number of aromatic amines is 1. The van der Waals surface area contributed by atoms with E-state index in [0.717, 1.165) is 17.3 Å². The number of carbonyl (C=O) groups excluding carboxylic acids is 1. The van der Waals surface area contributed by atoms with E-state index in [1.165, 1.54) is 4.52 Å². The lowest BCUT2D eigenvalue weighted by atomic mass is 10.1. The number of halogens is 1. The summed E-state index contributed by atoms with van der Waals surface area (Å²) in [4.78, 5) is 24.6. The van der Waals surface area contributed by atoms with Gasteiger partial charge in [-0.15, -0.1) is 5.10 Å². The molecule has 2 heterocycles. The van der Waals surface area contributed by atoms with Crippen LogP contribution in [0.2, 0.25) is 5.02 Å². The number of anilines is 1. The second-order valence-corrected chi connectivity index (χ2v) is 7.96. The first-order valence-corrected chi connectivity index (χ1v) is 10.7. The number of aromatic nitrogens is 4. The molecule has 2 aromatic heterocycles. The molecule has 0 saturated carbocycles. The van der Waals surface area contributed by atoms with Crippen LogP contribution in [-0.2, 0) is 4.79 Å². The zero-order valence-electron chi connectivity index (χ0n) is 17.1. The number of thioether (sulfide) groups is 1. The van der Waals surface area contributed by atoms with Gasteiger partial charge in [0.15, 0.2) is 11.5 Å². The number of fused-ring (bicyclic) bond motifs is 1. The summed E-state index contributed by atoms with van der Waals surface area (Å²) in [5.41, 5.74) is 1.80. The SMILES string of the molecule is COc1ccc(-c2cc3c(=O)[nH]nc(SCC(=O)Nc4cccc(Cl)c4)n3n2)cc1OC. The Bertz CT molecular complexity index is 1350. The Labute approximate surface area is 191 Å². The van der Waals surface area contributed by atoms with Gasteiger partial charge in [-0.05, 0) is 42.5 Å². The van der Waals surface area contributed by atoms with Crippen LogP contribution in [-0.4, -0.2) is 45.7 Å². The van der Waals surface area contributed by atoms with E-state index in [0.29, 0.717) is 38.6 Å². The van der Waals surface area contributed by atoms with Crippen molar-refractivity contribution in [1.29, 1.82) is 0 Å². The summed E-state index contributed by atoms with van der Waals surface area (Å²) >= 11 is 7.09. The van der Waals surface area contributed by atoms with E-state index in [1.54, 1.807) is 56.7 Å². The maximum absolute atomic E-state index is 12.3. The van der Waals surface area contributed by atoms with E-state index < -0.39 is 5.56 Å². The highest BCUT2D eigenvalue weighted by Crippen LogP contribution is 2.32. The summed E-state index contributed by atoms with van der Waals surface area (Å²) in [6.45, 7) is 0. The Morgan fingerprint density at radius 3 is 2.72 bits per heavy atom. The average molecular weight is 472 g/mol. The zero-order chi connectivity index (χ0) is 22.7. The van der Waals surface area contributed by atoms with Crippen LogP contribution in [0.15, 0.2) is 58.5 Å². The van der Waals surface area contributed by atoms with Crippen LogP contribution in [0.5, 0.6) is 11.5 Å². The number of hydrogen-bond donors (Lipinski definition) is 2. The molecule has 4 aromatic rings. The summed E-state index contributed by atoms with van der Waals surface area (Å²) < 4.78 is 12.0. The predicted molar refractivity (Wildman–Crippen MR) is 123 cm³/mol. The van der Waals surface area contributed by atoms with Gasteiger partial charge in [0.25, 0.3) is 5.56 Å². The first kappa shape index (κ1) is 21.7. The topological polar surface area (TPSA) is 111 Å². The van der Waals surface area contributed by atoms with Crippen LogP contribution in [0.25, 0.3) is 16.8 Å². The molecular weight excluding hydrogens is 454 g/mol. The normalized spacial score (nSPS) is 10.8. The summed E-state index contributed by atoms with van der Waals surface area (Å²) in [6.07, 6.45) is 0. The molecule has 0 aliphatic rings. The summed E-state index contributed by atoms with van der Waals surface area (Å²) in [6, 6.07) is 13.9. The van der Waals surface area contributed by atoms with Gasteiger partial charge >= 0.3 is 0 Å². The second kappa shape index (κ2) is 9.33. The molecule has 0 fully saturated rings. The number of benzene rings is 2. The summed E-state index contributed by atoms with van der Waals surface area (Å²) in [5.74, 6) is 0.945. The van der Waals surface area contributed by atoms with Crippen molar-refractivity contribution in [1.82, 2.24) is 19.8 Å². The molecule has 0 aliphatic carbocycles. The molecular formula is C21H18ClN5O4S. The molecule has 11 heteroatoms. The average Bonchev–Trinajstić information content (AvgIpc) is 3.25. The van der Waals surface area contributed by atoms with Gasteiger partial charge in [0, 0.05) is 16.3 Å². The highest BCUT2D eigenvalue weighted by molar-refractivity contribution is 7.99. The number of nitrogens with one attached hydrogen (secondary N) is 2. The van der Waals surface area contributed by atoms with Crippen molar-refractivity contribution in [2.75, 3.05) is 25.3 Å². The maximum atomic E-state index is 12.3. The Kier molecular flexibility index (Phi) is 6.33. The number of ether oxygens (including phenoxy) is 2. The highest BCUT2D eigenvalue weighted by atomic mass is 35.5. The highest BCUT2D eigenvalue weighted by Gasteiger charge is 2.15. The smallest absolute Gasteiger partial charge is 0.290 e. The molecule has 0 aliphatic heterocycles. The van der Waals surface area contributed by atoms with Crippen molar-refractivity contribution in [3.8, 4) is 22.8 Å². The standard InChI is InChI=1S/C21H18ClN5O4S/c1-30-17-7-6-12(8-18(17)31-2)15-10-16-20(29)24-25-21(27(16)26-15)32-11-19(28)23-14-5-3-4-13(22)9-14/h3-10H,11H2,1-2H3,(H,23,28)(H,24,29). The first-order valence-electron chi connectivity index (χ1n) is 9.37. The van der Waals surface area contributed by atoms with Gasteiger partial charge in [0.2, 0.25) is 11.1 Å². The number of H-pyrrole nitrogens is 1. The molecule has 9 nitrogen and oxygen atoms in total. The number of hydrogen-bond acceptors (Lipinski definition) is 7. The number of amides is 1. The number of rotatable bonds is 7. The zero-order valence-corrected chi connectivity index (χ0v) is 18.7. The molecule has 0 atom stereocenters. The number of carbonyl (C=O) groups is 1. The fourth-order valence-corrected chi connectivity index (χ4v) is 3.91. The molecule has 0 radical (unpaired) electrons. The molecule has 4 rings (SSSR count). The van der Waals surface area contributed by atoms with E-state index >= 15 is 0 Å². The van der Waals surface area contributed by atoms with Crippen molar-refractivity contribution in [3.05, 3.63) is 63.9 Å². The quantitative estimate of drug-likeness (QED) is 0.397. The first-order chi connectivity index (χ1) is 15.5. The molecule has 164 valence electrons. The minimum atomic E-state index is -0.392. The summed E-state index contributed by atoms with van der Waals surface area (Å²) in [7, 11) is 3.10. The minimum Gasteiger partial charge on any atom is -0.493 e. The van der Waals surface area contributed by atoms with Gasteiger partial charge in [-0.2, -0.15) is 5.10 Å². The lowest BCUT2D eigenvalue weighted by Crippen LogP contribution is -2.17. The van der Waals surface area contributed by atoms with E-state index in [2.05, 4.69) is 20.6 Å². The van der Waals surface area contributed by atoms with Crippen molar-refractivity contribution in [3.63, 3.8) is 0 Å². The molecule has 1 amide bonds. The monoisotopic (exact) mass is 471 g/mol. The van der Waals surface area contributed by atoms with Gasteiger partial charge in [0.1, 0.15) is 5.52 Å². The van der Waals surface area contributed by atoms with Gasteiger partial charge in [-0.3, -0.25) is 9.59 Å². The van der Waals surface area contributed by atoms with E-state index in [-0.39, 0.29) is 11.7 Å². The Morgan fingerprint density at radius 2 is 1.97 bits per heavy atom. The Balaban J connectivity index is 1.58. The molecule has 0 unspecified atom stereocenters. The Hall–Kier alpha value is -3.50. The Morgan fingerprint density at radius 1 is 1.16 bits per heavy atom. The van der Waals surface area contributed by atoms with Gasteiger partial charge in [0.05, 0.1) is 25.7 Å². The van der Waals surface area contributed by atoms with Crippen molar-refractivity contribution in [2.45, 2.75) is 5.16 Å². The molecule has 2 N–H and O–H groups in total. The van der Waals surface area contributed by atoms with Crippen molar-refractivity contribution >= 4 is 40.5 Å². The maximum Gasteiger partial charge on any atom is 0.290 e. The van der Waals surface area contributed by atoms with E-state index in [1.807, 2.05) is 6.07 Å². The molecule has 0 saturated heterocycles. The van der Waals surface area contributed by atoms with E-state index in [4.69, 9.17) is 21.1 Å². The third-order valence-electron chi connectivity index (χ3n) is 4.50.